The number of rotatable bonds is 8. The summed E-state index contributed by atoms with van der Waals surface area (Å²) in [6.45, 7) is 6.65. The molecule has 1 fully saturated rings. The maximum atomic E-state index is 13.0. The van der Waals surface area contributed by atoms with E-state index in [1.165, 1.54) is 17.3 Å². The van der Waals surface area contributed by atoms with Gasteiger partial charge in [0.05, 0.1) is 5.25 Å². The van der Waals surface area contributed by atoms with E-state index >= 15 is 0 Å². The largest absolute Gasteiger partial charge is 0.352 e. The molecule has 1 amide bonds. The number of amides is 1. The van der Waals surface area contributed by atoms with Crippen LogP contribution in [-0.2, 0) is 24.8 Å². The lowest BCUT2D eigenvalue weighted by atomic mass is 10.0. The molecule has 2 heterocycles. The van der Waals surface area contributed by atoms with Crippen LogP contribution in [0.25, 0.3) is 0 Å². The van der Waals surface area contributed by atoms with Gasteiger partial charge in [-0.25, -0.2) is 4.98 Å². The van der Waals surface area contributed by atoms with Crippen molar-refractivity contribution in [2.24, 2.45) is 7.05 Å². The standard InChI is InChI=1S/C28H34N4O2S/c1-20-25(18-22-10-6-4-7-11-22)27(34)31(3)28(29-20)35-21(2)26(33)30-24-14-16-32(17-15-24)19-23-12-8-5-9-13-23/h4-13,21,24H,14-19H2,1-3H3,(H,30,33). The van der Waals surface area contributed by atoms with Gasteiger partial charge in [-0.15, -0.1) is 0 Å². The number of carbonyl (C=O) groups is 1. The minimum absolute atomic E-state index is 0.00299. The number of nitrogens with zero attached hydrogens (tertiary/aromatic N) is 3. The highest BCUT2D eigenvalue weighted by Gasteiger charge is 2.24. The van der Waals surface area contributed by atoms with Crippen LogP contribution in [0.1, 0.15) is 42.1 Å². The Hall–Kier alpha value is -2.90. The highest BCUT2D eigenvalue weighted by atomic mass is 32.2. The van der Waals surface area contributed by atoms with Gasteiger partial charge in [0.1, 0.15) is 0 Å². The van der Waals surface area contributed by atoms with E-state index in [2.05, 4.69) is 39.5 Å². The molecule has 0 saturated carbocycles. The van der Waals surface area contributed by atoms with Crippen molar-refractivity contribution in [1.29, 1.82) is 0 Å². The number of nitrogens with one attached hydrogen (secondary N) is 1. The Labute approximate surface area is 211 Å². The maximum absolute atomic E-state index is 13.0. The molecule has 6 nitrogen and oxygen atoms in total. The van der Waals surface area contributed by atoms with Crippen LogP contribution in [0.15, 0.2) is 70.6 Å². The van der Waals surface area contributed by atoms with Gasteiger partial charge in [-0.05, 0) is 37.8 Å². The van der Waals surface area contributed by atoms with Gasteiger partial charge < -0.3 is 5.32 Å². The van der Waals surface area contributed by atoms with Gasteiger partial charge in [-0.3, -0.25) is 19.1 Å². The van der Waals surface area contributed by atoms with E-state index in [0.717, 1.165) is 43.7 Å². The van der Waals surface area contributed by atoms with Gasteiger partial charge in [0.15, 0.2) is 5.16 Å². The Morgan fingerprint density at radius 1 is 1.06 bits per heavy atom. The van der Waals surface area contributed by atoms with Crippen LogP contribution in [0.4, 0.5) is 0 Å². The van der Waals surface area contributed by atoms with Crippen LogP contribution in [0.3, 0.4) is 0 Å². The first-order valence-corrected chi connectivity index (χ1v) is 13.1. The predicted molar refractivity (Wildman–Crippen MR) is 142 cm³/mol. The summed E-state index contributed by atoms with van der Waals surface area (Å²) in [5.41, 5.74) is 3.77. The summed E-state index contributed by atoms with van der Waals surface area (Å²) in [4.78, 5) is 33.1. The van der Waals surface area contributed by atoms with Crippen LogP contribution in [0.5, 0.6) is 0 Å². The molecule has 1 saturated heterocycles. The quantitative estimate of drug-likeness (QED) is 0.383. The van der Waals surface area contributed by atoms with Crippen molar-refractivity contribution in [3.05, 3.63) is 93.4 Å². The number of benzene rings is 2. The molecular formula is C28H34N4O2S. The second-order valence-electron chi connectivity index (χ2n) is 9.29. The Morgan fingerprint density at radius 2 is 1.66 bits per heavy atom. The van der Waals surface area contributed by atoms with Gasteiger partial charge in [0.25, 0.3) is 5.56 Å². The number of hydrogen-bond donors (Lipinski definition) is 1. The van der Waals surface area contributed by atoms with E-state index < -0.39 is 0 Å². The van der Waals surface area contributed by atoms with Gasteiger partial charge >= 0.3 is 0 Å². The molecule has 184 valence electrons. The molecule has 0 radical (unpaired) electrons. The monoisotopic (exact) mass is 490 g/mol. The second kappa shape index (κ2) is 11.7. The Morgan fingerprint density at radius 3 is 2.29 bits per heavy atom. The van der Waals surface area contributed by atoms with E-state index in [1.807, 2.05) is 50.2 Å². The van der Waals surface area contributed by atoms with Crippen molar-refractivity contribution in [2.45, 2.75) is 56.1 Å². The first-order valence-electron chi connectivity index (χ1n) is 12.2. The lowest BCUT2D eigenvalue weighted by Gasteiger charge is -2.32. The third-order valence-electron chi connectivity index (χ3n) is 6.61. The second-order valence-corrected chi connectivity index (χ2v) is 10.6. The molecule has 7 heteroatoms. The van der Waals surface area contributed by atoms with Crippen molar-refractivity contribution in [3.63, 3.8) is 0 Å². The minimum atomic E-state index is -0.338. The maximum Gasteiger partial charge on any atom is 0.257 e. The number of hydrogen-bond acceptors (Lipinski definition) is 5. The van der Waals surface area contributed by atoms with Crippen molar-refractivity contribution >= 4 is 17.7 Å². The van der Waals surface area contributed by atoms with E-state index in [1.54, 1.807) is 11.6 Å². The Bertz CT molecular complexity index is 1190. The molecule has 0 aliphatic carbocycles. The summed E-state index contributed by atoms with van der Waals surface area (Å²) in [6, 6.07) is 20.6. The van der Waals surface area contributed by atoms with Gasteiger partial charge in [0.2, 0.25) is 5.91 Å². The zero-order valence-corrected chi connectivity index (χ0v) is 21.6. The predicted octanol–water partition coefficient (Wildman–Crippen LogP) is 3.94. The number of piperidine rings is 1. The Kier molecular flexibility index (Phi) is 8.42. The smallest absolute Gasteiger partial charge is 0.257 e. The molecule has 3 aromatic rings. The summed E-state index contributed by atoms with van der Waals surface area (Å²) in [7, 11) is 1.73. The van der Waals surface area contributed by atoms with Crippen LogP contribution in [0, 0.1) is 6.92 Å². The fraction of sp³-hybridized carbons (Fsp3) is 0.393. The fourth-order valence-electron chi connectivity index (χ4n) is 4.45. The zero-order valence-electron chi connectivity index (χ0n) is 20.7. The summed E-state index contributed by atoms with van der Waals surface area (Å²) in [5, 5.41) is 3.45. The number of likely N-dealkylation sites (tertiary alicyclic amines) is 1. The SMILES string of the molecule is Cc1nc(SC(C)C(=O)NC2CCN(Cc3ccccc3)CC2)n(C)c(=O)c1Cc1ccccc1. The molecule has 1 aromatic heterocycles. The van der Waals surface area contributed by atoms with Crippen molar-refractivity contribution in [3.8, 4) is 0 Å². The van der Waals surface area contributed by atoms with Gasteiger partial charge in [-0.1, -0.05) is 72.4 Å². The summed E-state index contributed by atoms with van der Waals surface area (Å²) >= 11 is 1.34. The van der Waals surface area contributed by atoms with E-state index in [0.29, 0.717) is 17.1 Å². The highest BCUT2D eigenvalue weighted by molar-refractivity contribution is 8.00. The fourth-order valence-corrected chi connectivity index (χ4v) is 5.37. The third-order valence-corrected chi connectivity index (χ3v) is 7.75. The molecule has 1 aliphatic rings. The average Bonchev–Trinajstić information content (AvgIpc) is 2.87. The van der Waals surface area contributed by atoms with Crippen molar-refractivity contribution < 1.29 is 4.79 Å². The first kappa shape index (κ1) is 25.2. The van der Waals surface area contributed by atoms with E-state index in [-0.39, 0.29) is 22.8 Å². The molecule has 2 aromatic carbocycles. The number of aromatic nitrogens is 2. The lowest BCUT2D eigenvalue weighted by Crippen LogP contribution is -2.46. The minimum Gasteiger partial charge on any atom is -0.352 e. The van der Waals surface area contributed by atoms with Crippen molar-refractivity contribution in [1.82, 2.24) is 19.8 Å². The molecule has 1 atom stereocenters. The number of aryl methyl sites for hydroxylation is 1. The van der Waals surface area contributed by atoms with Crippen LogP contribution < -0.4 is 10.9 Å². The van der Waals surface area contributed by atoms with Crippen LogP contribution >= 0.6 is 11.8 Å². The summed E-state index contributed by atoms with van der Waals surface area (Å²) in [5.74, 6) is -0.00299. The van der Waals surface area contributed by atoms with E-state index in [4.69, 9.17) is 0 Å². The molecule has 0 spiro atoms. The molecule has 0 bridgehead atoms. The Balaban J connectivity index is 1.32. The molecule has 1 aliphatic heterocycles. The highest BCUT2D eigenvalue weighted by Crippen LogP contribution is 2.22. The average molecular weight is 491 g/mol. The molecule has 4 rings (SSSR count). The summed E-state index contributed by atoms with van der Waals surface area (Å²) in [6.07, 6.45) is 2.44. The lowest BCUT2D eigenvalue weighted by molar-refractivity contribution is -0.121. The van der Waals surface area contributed by atoms with Crippen molar-refractivity contribution in [2.75, 3.05) is 13.1 Å². The zero-order chi connectivity index (χ0) is 24.8. The normalized spacial score (nSPS) is 15.6. The summed E-state index contributed by atoms with van der Waals surface area (Å²) < 4.78 is 1.57. The van der Waals surface area contributed by atoms with E-state index in [9.17, 15) is 9.59 Å². The first-order chi connectivity index (χ1) is 16.9. The van der Waals surface area contributed by atoms with Gasteiger partial charge in [-0.2, -0.15) is 0 Å². The molecule has 35 heavy (non-hydrogen) atoms. The van der Waals surface area contributed by atoms with Gasteiger partial charge in [0, 0.05) is 50.4 Å². The molecule has 1 unspecified atom stereocenters. The number of carbonyl (C=O) groups excluding carboxylic acids is 1. The number of thioether (sulfide) groups is 1. The third kappa shape index (κ3) is 6.61. The molecule has 1 N–H and O–H groups in total. The molecular weight excluding hydrogens is 456 g/mol. The topological polar surface area (TPSA) is 67.2 Å². The van der Waals surface area contributed by atoms with Crippen LogP contribution in [-0.4, -0.2) is 44.7 Å². The van der Waals surface area contributed by atoms with Crippen LogP contribution in [0.2, 0.25) is 0 Å².